The number of furan rings is 1. The summed E-state index contributed by atoms with van der Waals surface area (Å²) in [6.45, 7) is 0. The number of thiophene rings is 1. The van der Waals surface area contributed by atoms with Gasteiger partial charge in [-0.15, -0.1) is 11.3 Å². The molecule has 0 aliphatic heterocycles. The maximum Gasteiger partial charge on any atom is 0.251 e. The highest BCUT2D eigenvalue weighted by Crippen LogP contribution is 2.37. The molecule has 160 valence electrons. The first-order chi connectivity index (χ1) is 14.9. The molecule has 0 saturated heterocycles. The van der Waals surface area contributed by atoms with Gasteiger partial charge in [0, 0.05) is 16.5 Å². The van der Waals surface area contributed by atoms with Crippen LogP contribution in [-0.4, -0.2) is 11.8 Å². The number of benzene rings is 1. The van der Waals surface area contributed by atoms with Crippen molar-refractivity contribution in [1.82, 2.24) is 0 Å². The Morgan fingerprint density at radius 2 is 1.90 bits per heavy atom. The largest absolute Gasteiger partial charge is 0.457 e. The van der Waals surface area contributed by atoms with Gasteiger partial charge in [-0.25, -0.2) is 0 Å². The molecule has 1 aromatic carbocycles. The van der Waals surface area contributed by atoms with E-state index in [1.54, 1.807) is 36.4 Å². The third-order valence-corrected chi connectivity index (χ3v) is 7.17. The smallest absolute Gasteiger partial charge is 0.251 e. The summed E-state index contributed by atoms with van der Waals surface area (Å²) < 4.78 is 5.77. The molecule has 0 atom stereocenters. The average Bonchev–Trinajstić information content (AvgIpc) is 3.26. The molecule has 3 aromatic rings. The predicted octanol–water partition coefficient (Wildman–Crippen LogP) is 6.33. The maximum atomic E-state index is 12.5. The fourth-order valence-electron chi connectivity index (χ4n) is 3.68. The van der Waals surface area contributed by atoms with E-state index in [4.69, 9.17) is 33.4 Å². The Morgan fingerprint density at radius 3 is 2.71 bits per heavy atom. The minimum atomic E-state index is -0.507. The van der Waals surface area contributed by atoms with Gasteiger partial charge in [0.15, 0.2) is 0 Å². The summed E-state index contributed by atoms with van der Waals surface area (Å²) in [5, 5.41) is 4.16. The summed E-state index contributed by atoms with van der Waals surface area (Å²) in [5.41, 5.74) is 7.72. The van der Waals surface area contributed by atoms with Gasteiger partial charge in [0.2, 0.25) is 5.91 Å². The van der Waals surface area contributed by atoms with Crippen LogP contribution in [0.2, 0.25) is 10.0 Å². The molecule has 0 fully saturated rings. The van der Waals surface area contributed by atoms with Crippen LogP contribution in [-0.2, 0) is 17.6 Å². The van der Waals surface area contributed by atoms with Gasteiger partial charge in [-0.2, -0.15) is 0 Å². The summed E-state index contributed by atoms with van der Waals surface area (Å²) in [5.74, 6) is 0.161. The van der Waals surface area contributed by atoms with Crippen LogP contribution in [0.5, 0.6) is 0 Å². The molecule has 1 aliphatic carbocycles. The fourth-order valence-corrected chi connectivity index (χ4v) is 5.38. The van der Waals surface area contributed by atoms with E-state index in [2.05, 4.69) is 5.32 Å². The van der Waals surface area contributed by atoms with E-state index in [1.807, 2.05) is 0 Å². The first-order valence-electron chi connectivity index (χ1n) is 9.91. The second-order valence-corrected chi connectivity index (χ2v) is 9.15. The number of anilines is 1. The Morgan fingerprint density at radius 1 is 1.10 bits per heavy atom. The van der Waals surface area contributed by atoms with E-state index in [0.717, 1.165) is 42.5 Å². The number of hydrogen-bond acceptors (Lipinski definition) is 4. The lowest BCUT2D eigenvalue weighted by molar-refractivity contribution is -0.111. The van der Waals surface area contributed by atoms with E-state index in [9.17, 15) is 9.59 Å². The lowest BCUT2D eigenvalue weighted by Crippen LogP contribution is -2.16. The van der Waals surface area contributed by atoms with Gasteiger partial charge in [-0.3, -0.25) is 9.59 Å². The molecule has 0 spiro atoms. The Hall–Kier alpha value is -2.54. The molecule has 5 nitrogen and oxygen atoms in total. The van der Waals surface area contributed by atoms with Crippen LogP contribution in [0.15, 0.2) is 40.8 Å². The van der Waals surface area contributed by atoms with Crippen LogP contribution in [0.25, 0.3) is 17.4 Å². The van der Waals surface area contributed by atoms with Crippen molar-refractivity contribution in [3.8, 4) is 11.3 Å². The molecular weight excluding hydrogens is 455 g/mol. The minimum Gasteiger partial charge on any atom is -0.457 e. The van der Waals surface area contributed by atoms with Crippen molar-refractivity contribution < 1.29 is 14.0 Å². The number of primary amides is 1. The van der Waals surface area contributed by atoms with Crippen LogP contribution in [0.4, 0.5) is 5.00 Å². The fraction of sp³-hybridized carbons (Fsp3) is 0.217. The molecule has 8 heteroatoms. The zero-order chi connectivity index (χ0) is 22.0. The Kier molecular flexibility index (Phi) is 6.51. The number of hydrogen-bond donors (Lipinski definition) is 2. The number of nitrogens with one attached hydrogen (secondary N) is 1. The Balaban J connectivity index is 1.50. The van der Waals surface area contributed by atoms with Crippen molar-refractivity contribution in [3.63, 3.8) is 0 Å². The topological polar surface area (TPSA) is 85.3 Å². The second kappa shape index (κ2) is 9.30. The van der Waals surface area contributed by atoms with Gasteiger partial charge in [0.1, 0.15) is 16.5 Å². The quantitative estimate of drug-likeness (QED) is 0.334. The normalized spacial score (nSPS) is 13.7. The van der Waals surface area contributed by atoms with E-state index in [0.29, 0.717) is 37.7 Å². The first-order valence-corrected chi connectivity index (χ1v) is 11.5. The average molecular weight is 475 g/mol. The standard InChI is InChI=1S/C23H20Cl2N2O3S/c24-16-7-4-6-14(21(16)25)17-11-9-13(30-17)10-12-19(28)27-23-20(22(26)29)15-5-2-1-3-8-18(15)31-23/h4,6-7,9-12H,1-3,5,8H2,(H2,26,29)(H,27,28). The van der Waals surface area contributed by atoms with Crippen LogP contribution in [0, 0.1) is 0 Å². The number of carbonyl (C=O) groups is 2. The molecule has 1 aliphatic rings. The Bertz CT molecular complexity index is 1180. The zero-order valence-corrected chi connectivity index (χ0v) is 18.9. The van der Waals surface area contributed by atoms with Gasteiger partial charge in [0.25, 0.3) is 5.91 Å². The molecule has 2 aromatic heterocycles. The summed E-state index contributed by atoms with van der Waals surface area (Å²) in [4.78, 5) is 25.7. The molecule has 0 bridgehead atoms. The van der Waals surface area contributed by atoms with E-state index >= 15 is 0 Å². The number of carbonyl (C=O) groups excluding carboxylic acids is 2. The summed E-state index contributed by atoms with van der Waals surface area (Å²) in [7, 11) is 0. The number of aryl methyl sites for hydroxylation is 1. The molecule has 3 N–H and O–H groups in total. The zero-order valence-electron chi connectivity index (χ0n) is 16.5. The number of rotatable bonds is 5. The van der Waals surface area contributed by atoms with Crippen LogP contribution < -0.4 is 11.1 Å². The van der Waals surface area contributed by atoms with Gasteiger partial charge in [0.05, 0.1) is 15.6 Å². The summed E-state index contributed by atoms with van der Waals surface area (Å²) in [6.07, 6.45) is 7.88. The second-order valence-electron chi connectivity index (χ2n) is 7.26. The molecular formula is C23H20Cl2N2O3S. The monoisotopic (exact) mass is 474 g/mol. The van der Waals surface area contributed by atoms with E-state index in [1.165, 1.54) is 17.4 Å². The van der Waals surface area contributed by atoms with Gasteiger partial charge in [-0.1, -0.05) is 35.7 Å². The molecule has 0 saturated carbocycles. The van der Waals surface area contributed by atoms with Crippen molar-refractivity contribution >= 4 is 57.4 Å². The van der Waals surface area contributed by atoms with Crippen LogP contribution in [0.1, 0.15) is 45.8 Å². The van der Waals surface area contributed by atoms with Crippen molar-refractivity contribution in [1.29, 1.82) is 0 Å². The minimum absolute atomic E-state index is 0.363. The summed E-state index contributed by atoms with van der Waals surface area (Å²) >= 11 is 13.7. The van der Waals surface area contributed by atoms with Crippen LogP contribution in [0.3, 0.4) is 0 Å². The Labute approximate surface area is 193 Å². The molecule has 0 unspecified atom stereocenters. The molecule has 2 heterocycles. The highest BCUT2D eigenvalue weighted by Gasteiger charge is 2.23. The van der Waals surface area contributed by atoms with Gasteiger partial charge >= 0.3 is 0 Å². The van der Waals surface area contributed by atoms with Gasteiger partial charge < -0.3 is 15.5 Å². The summed E-state index contributed by atoms with van der Waals surface area (Å²) in [6, 6.07) is 8.79. The third kappa shape index (κ3) is 4.71. The van der Waals surface area contributed by atoms with Crippen molar-refractivity contribution in [2.24, 2.45) is 5.73 Å². The highest BCUT2D eigenvalue weighted by atomic mass is 35.5. The van der Waals surface area contributed by atoms with Gasteiger partial charge in [-0.05, 0) is 61.6 Å². The van der Waals surface area contributed by atoms with Crippen molar-refractivity contribution in [2.45, 2.75) is 32.1 Å². The number of nitrogens with two attached hydrogens (primary N) is 1. The van der Waals surface area contributed by atoms with Crippen LogP contribution >= 0.6 is 34.5 Å². The van der Waals surface area contributed by atoms with E-state index in [-0.39, 0.29) is 5.91 Å². The first kappa shape index (κ1) is 21.7. The molecule has 0 radical (unpaired) electrons. The highest BCUT2D eigenvalue weighted by molar-refractivity contribution is 7.17. The SMILES string of the molecule is NC(=O)c1c(NC(=O)C=Cc2ccc(-c3cccc(Cl)c3Cl)o2)sc2c1CCCCC2. The van der Waals surface area contributed by atoms with E-state index < -0.39 is 5.91 Å². The lowest BCUT2D eigenvalue weighted by atomic mass is 10.1. The molecule has 2 amide bonds. The predicted molar refractivity (Wildman–Crippen MR) is 126 cm³/mol. The molecule has 31 heavy (non-hydrogen) atoms. The van der Waals surface area contributed by atoms with Crippen molar-refractivity contribution in [3.05, 3.63) is 68.2 Å². The lowest BCUT2D eigenvalue weighted by Gasteiger charge is -2.04. The number of fused-ring (bicyclic) bond motifs is 1. The third-order valence-electron chi connectivity index (χ3n) is 5.15. The maximum absolute atomic E-state index is 12.5. The number of halogens is 2. The van der Waals surface area contributed by atoms with Crippen molar-refractivity contribution in [2.75, 3.05) is 5.32 Å². The number of amides is 2. The molecule has 4 rings (SSSR count).